The number of carboxylic acids is 1. The fourth-order valence-electron chi connectivity index (χ4n) is 1.13. The maximum Gasteiger partial charge on any atom is 0.354 e. The third-order valence-corrected chi connectivity index (χ3v) is 2.48. The summed E-state index contributed by atoms with van der Waals surface area (Å²) in [6.45, 7) is 4.39. The predicted molar refractivity (Wildman–Crippen MR) is 62.4 cm³/mol. The molecule has 0 atom stereocenters. The minimum Gasteiger partial charge on any atom is -0.493 e. The molecule has 1 heterocycles. The van der Waals surface area contributed by atoms with Crippen LogP contribution in [0.3, 0.4) is 0 Å². The maximum atomic E-state index is 10.7. The molecule has 0 spiro atoms. The molecule has 0 fully saturated rings. The number of hydrogen-bond acceptors (Lipinski definition) is 4. The Bertz CT molecular complexity index is 390. The zero-order valence-corrected chi connectivity index (χ0v) is 10.3. The standard InChI is InChI=1S/C12H17NO4/c1-12(2,16-3)5-7-17-9-4-6-13-10(8-9)11(14)15/h4,6,8H,5,7H2,1-3H3,(H,14,15). The normalized spacial score (nSPS) is 11.2. The van der Waals surface area contributed by atoms with Crippen molar-refractivity contribution in [1.29, 1.82) is 0 Å². The lowest BCUT2D eigenvalue weighted by Crippen LogP contribution is -2.25. The van der Waals surface area contributed by atoms with Crippen LogP contribution in [-0.2, 0) is 4.74 Å². The molecule has 1 aromatic rings. The van der Waals surface area contributed by atoms with Gasteiger partial charge in [-0.05, 0) is 19.9 Å². The van der Waals surface area contributed by atoms with Crippen molar-refractivity contribution in [3.8, 4) is 5.75 Å². The van der Waals surface area contributed by atoms with Crippen molar-refractivity contribution in [3.05, 3.63) is 24.0 Å². The molecule has 5 heteroatoms. The fourth-order valence-corrected chi connectivity index (χ4v) is 1.13. The quantitative estimate of drug-likeness (QED) is 0.822. The van der Waals surface area contributed by atoms with E-state index in [2.05, 4.69) is 4.98 Å². The molecule has 0 aliphatic carbocycles. The first-order chi connectivity index (χ1) is 7.94. The van der Waals surface area contributed by atoms with Gasteiger partial charge in [-0.1, -0.05) is 0 Å². The molecule has 17 heavy (non-hydrogen) atoms. The number of carboxylic acid groups (broad SMARTS) is 1. The molecule has 0 bridgehead atoms. The van der Waals surface area contributed by atoms with Crippen molar-refractivity contribution in [3.63, 3.8) is 0 Å². The Kier molecular flexibility index (Phi) is 4.45. The van der Waals surface area contributed by atoms with E-state index in [4.69, 9.17) is 14.6 Å². The van der Waals surface area contributed by atoms with E-state index in [0.717, 1.165) is 0 Å². The molecule has 1 rings (SSSR count). The second-order valence-corrected chi connectivity index (χ2v) is 4.24. The molecule has 1 aromatic heterocycles. The van der Waals surface area contributed by atoms with Crippen LogP contribution in [0.25, 0.3) is 0 Å². The molecule has 1 N–H and O–H groups in total. The maximum absolute atomic E-state index is 10.7. The van der Waals surface area contributed by atoms with Gasteiger partial charge in [0.2, 0.25) is 0 Å². The van der Waals surface area contributed by atoms with E-state index >= 15 is 0 Å². The minimum absolute atomic E-state index is 0.0199. The van der Waals surface area contributed by atoms with Crippen LogP contribution in [0.4, 0.5) is 0 Å². The number of aromatic carboxylic acids is 1. The lowest BCUT2D eigenvalue weighted by Gasteiger charge is -2.22. The minimum atomic E-state index is -1.06. The van der Waals surface area contributed by atoms with Crippen LogP contribution >= 0.6 is 0 Å². The smallest absolute Gasteiger partial charge is 0.354 e. The average molecular weight is 239 g/mol. The third-order valence-electron chi connectivity index (χ3n) is 2.48. The van der Waals surface area contributed by atoms with E-state index in [1.54, 1.807) is 13.2 Å². The van der Waals surface area contributed by atoms with E-state index in [0.29, 0.717) is 18.8 Å². The van der Waals surface area contributed by atoms with Crippen LogP contribution in [-0.4, -0.2) is 35.4 Å². The van der Waals surface area contributed by atoms with Crippen molar-refractivity contribution >= 4 is 5.97 Å². The van der Waals surface area contributed by atoms with Gasteiger partial charge in [-0.25, -0.2) is 9.78 Å². The number of rotatable bonds is 6. The number of ether oxygens (including phenoxy) is 2. The SMILES string of the molecule is COC(C)(C)CCOc1ccnc(C(=O)O)c1. The van der Waals surface area contributed by atoms with Gasteiger partial charge in [0.1, 0.15) is 5.75 Å². The molecule has 0 aliphatic heterocycles. The average Bonchev–Trinajstić information content (AvgIpc) is 2.29. The van der Waals surface area contributed by atoms with Crippen molar-refractivity contribution in [2.75, 3.05) is 13.7 Å². The Morgan fingerprint density at radius 3 is 2.82 bits per heavy atom. The largest absolute Gasteiger partial charge is 0.493 e. The summed E-state index contributed by atoms with van der Waals surface area (Å²) < 4.78 is 10.7. The van der Waals surface area contributed by atoms with Gasteiger partial charge in [0.15, 0.2) is 5.69 Å². The Balaban J connectivity index is 2.52. The predicted octanol–water partition coefficient (Wildman–Crippen LogP) is 1.97. The number of carbonyl (C=O) groups is 1. The Morgan fingerprint density at radius 2 is 2.24 bits per heavy atom. The lowest BCUT2D eigenvalue weighted by atomic mass is 10.1. The molecular weight excluding hydrogens is 222 g/mol. The van der Waals surface area contributed by atoms with Crippen LogP contribution < -0.4 is 4.74 Å². The fraction of sp³-hybridized carbons (Fsp3) is 0.500. The second-order valence-electron chi connectivity index (χ2n) is 4.24. The number of hydrogen-bond donors (Lipinski definition) is 1. The van der Waals surface area contributed by atoms with Crippen LogP contribution in [0, 0.1) is 0 Å². The molecule has 0 aliphatic rings. The van der Waals surface area contributed by atoms with Gasteiger partial charge < -0.3 is 14.6 Å². The lowest BCUT2D eigenvalue weighted by molar-refractivity contribution is 0.00542. The number of methoxy groups -OCH3 is 1. The van der Waals surface area contributed by atoms with Crippen molar-refractivity contribution in [2.24, 2.45) is 0 Å². The van der Waals surface area contributed by atoms with E-state index in [1.165, 1.54) is 12.3 Å². The molecule has 0 saturated carbocycles. The molecule has 94 valence electrons. The van der Waals surface area contributed by atoms with E-state index in [9.17, 15) is 4.79 Å². The second kappa shape index (κ2) is 5.63. The zero-order chi connectivity index (χ0) is 12.9. The first-order valence-electron chi connectivity index (χ1n) is 5.32. The monoisotopic (exact) mass is 239 g/mol. The first kappa shape index (κ1) is 13.4. The summed E-state index contributed by atoms with van der Waals surface area (Å²) in [6, 6.07) is 3.04. The summed E-state index contributed by atoms with van der Waals surface area (Å²) in [7, 11) is 1.65. The number of aromatic nitrogens is 1. The highest BCUT2D eigenvalue weighted by Gasteiger charge is 2.16. The van der Waals surface area contributed by atoms with Gasteiger partial charge in [-0.3, -0.25) is 0 Å². The zero-order valence-electron chi connectivity index (χ0n) is 10.3. The van der Waals surface area contributed by atoms with Crippen molar-refractivity contribution in [1.82, 2.24) is 4.98 Å². The summed E-state index contributed by atoms with van der Waals surface area (Å²) in [4.78, 5) is 14.4. The topological polar surface area (TPSA) is 68.7 Å². The Labute approximate surface area is 100 Å². The Morgan fingerprint density at radius 1 is 1.53 bits per heavy atom. The van der Waals surface area contributed by atoms with E-state index < -0.39 is 5.97 Å². The highest BCUT2D eigenvalue weighted by molar-refractivity contribution is 5.85. The van der Waals surface area contributed by atoms with Crippen LogP contribution in [0.1, 0.15) is 30.8 Å². The van der Waals surface area contributed by atoms with Gasteiger partial charge in [-0.15, -0.1) is 0 Å². The van der Waals surface area contributed by atoms with Gasteiger partial charge in [0.25, 0.3) is 0 Å². The summed E-state index contributed by atoms with van der Waals surface area (Å²) >= 11 is 0. The van der Waals surface area contributed by atoms with Crippen molar-refractivity contribution in [2.45, 2.75) is 25.9 Å². The van der Waals surface area contributed by atoms with E-state index in [1.807, 2.05) is 13.8 Å². The van der Waals surface area contributed by atoms with Gasteiger partial charge >= 0.3 is 5.97 Å². The van der Waals surface area contributed by atoms with Crippen LogP contribution in [0.5, 0.6) is 5.75 Å². The molecule has 0 unspecified atom stereocenters. The first-order valence-corrected chi connectivity index (χ1v) is 5.32. The van der Waals surface area contributed by atoms with Crippen LogP contribution in [0.15, 0.2) is 18.3 Å². The van der Waals surface area contributed by atoms with Gasteiger partial charge in [0, 0.05) is 25.8 Å². The van der Waals surface area contributed by atoms with Crippen LogP contribution in [0.2, 0.25) is 0 Å². The Hall–Kier alpha value is -1.62. The number of pyridine rings is 1. The highest BCUT2D eigenvalue weighted by atomic mass is 16.5. The molecule has 0 radical (unpaired) electrons. The van der Waals surface area contributed by atoms with Gasteiger partial charge in [-0.2, -0.15) is 0 Å². The molecule has 0 aromatic carbocycles. The summed E-state index contributed by atoms with van der Waals surface area (Å²) in [6.07, 6.45) is 2.13. The molecular formula is C12H17NO4. The third kappa shape index (κ3) is 4.40. The number of nitrogens with zero attached hydrogens (tertiary/aromatic N) is 1. The van der Waals surface area contributed by atoms with Gasteiger partial charge in [0.05, 0.1) is 12.2 Å². The van der Waals surface area contributed by atoms with Crippen molar-refractivity contribution < 1.29 is 19.4 Å². The molecule has 0 amide bonds. The summed E-state index contributed by atoms with van der Waals surface area (Å²) in [5, 5.41) is 8.76. The van der Waals surface area contributed by atoms with E-state index in [-0.39, 0.29) is 11.3 Å². The molecule has 5 nitrogen and oxygen atoms in total. The summed E-state index contributed by atoms with van der Waals surface area (Å²) in [5.41, 5.74) is -0.267. The highest BCUT2D eigenvalue weighted by Crippen LogP contribution is 2.16. The molecule has 0 saturated heterocycles. The summed E-state index contributed by atoms with van der Waals surface area (Å²) in [5.74, 6) is -0.558.